The number of Topliss-reactive ketones (excluding diaryl/α,β-unsaturated/α-hetero) is 1. The van der Waals surface area contributed by atoms with E-state index in [2.05, 4.69) is 0 Å². The van der Waals surface area contributed by atoms with Crippen LogP contribution in [-0.4, -0.2) is 34.7 Å². The highest BCUT2D eigenvalue weighted by molar-refractivity contribution is 6.39. The maximum Gasteiger partial charge on any atom is 0.338 e. The van der Waals surface area contributed by atoms with E-state index in [1.807, 2.05) is 25.5 Å². The molecule has 8 heteroatoms. The SMILES string of the molecule is Cc1cc(C(=O)COC(=O)c2ccc3c(c2)C(=O)N(c2ccccc2Cl)C3=O)c(C)n1C. The van der Waals surface area contributed by atoms with Crippen LogP contribution in [-0.2, 0) is 11.8 Å². The summed E-state index contributed by atoms with van der Waals surface area (Å²) in [5, 5.41) is 0.256. The molecule has 0 radical (unpaired) electrons. The average molecular weight is 451 g/mol. The van der Waals surface area contributed by atoms with Crippen LogP contribution in [0, 0.1) is 13.8 Å². The van der Waals surface area contributed by atoms with E-state index in [4.69, 9.17) is 16.3 Å². The number of anilines is 1. The van der Waals surface area contributed by atoms with Gasteiger partial charge in [0.15, 0.2) is 6.61 Å². The van der Waals surface area contributed by atoms with E-state index in [0.717, 1.165) is 16.3 Å². The van der Waals surface area contributed by atoms with Gasteiger partial charge in [0, 0.05) is 24.0 Å². The maximum absolute atomic E-state index is 12.9. The summed E-state index contributed by atoms with van der Waals surface area (Å²) in [6.07, 6.45) is 0. The summed E-state index contributed by atoms with van der Waals surface area (Å²) in [5.41, 5.74) is 2.77. The van der Waals surface area contributed by atoms with Crippen LogP contribution >= 0.6 is 11.6 Å². The molecule has 32 heavy (non-hydrogen) atoms. The Balaban J connectivity index is 1.53. The first-order chi connectivity index (χ1) is 15.2. The maximum atomic E-state index is 12.9. The Hall–Kier alpha value is -3.71. The first kappa shape index (κ1) is 21.5. The molecular formula is C24H19ClN2O5. The Kier molecular flexibility index (Phi) is 5.44. The van der Waals surface area contributed by atoms with E-state index in [0.29, 0.717) is 5.56 Å². The molecule has 2 aromatic carbocycles. The number of esters is 1. The third-order valence-electron chi connectivity index (χ3n) is 5.63. The lowest BCUT2D eigenvalue weighted by atomic mass is 10.1. The fourth-order valence-corrected chi connectivity index (χ4v) is 3.87. The van der Waals surface area contributed by atoms with Crippen LogP contribution in [0.5, 0.6) is 0 Å². The molecule has 7 nitrogen and oxygen atoms in total. The summed E-state index contributed by atoms with van der Waals surface area (Å²) in [7, 11) is 1.85. The van der Waals surface area contributed by atoms with Gasteiger partial charge >= 0.3 is 5.97 Å². The monoisotopic (exact) mass is 450 g/mol. The van der Waals surface area contributed by atoms with Gasteiger partial charge in [0.1, 0.15) is 0 Å². The van der Waals surface area contributed by atoms with Crippen molar-refractivity contribution >= 4 is 40.9 Å². The number of imide groups is 1. The third-order valence-corrected chi connectivity index (χ3v) is 5.95. The molecule has 0 saturated heterocycles. The predicted molar refractivity (Wildman–Crippen MR) is 119 cm³/mol. The predicted octanol–water partition coefficient (Wildman–Crippen LogP) is 4.14. The van der Waals surface area contributed by atoms with Gasteiger partial charge in [-0.15, -0.1) is 0 Å². The van der Waals surface area contributed by atoms with Gasteiger partial charge in [0.2, 0.25) is 5.78 Å². The van der Waals surface area contributed by atoms with Gasteiger partial charge in [0.05, 0.1) is 27.4 Å². The summed E-state index contributed by atoms with van der Waals surface area (Å²) < 4.78 is 7.05. The highest BCUT2D eigenvalue weighted by atomic mass is 35.5. The fourth-order valence-electron chi connectivity index (χ4n) is 3.65. The number of hydrogen-bond donors (Lipinski definition) is 0. The van der Waals surface area contributed by atoms with Gasteiger partial charge in [0.25, 0.3) is 11.8 Å². The molecule has 0 atom stereocenters. The molecule has 0 bridgehead atoms. The second kappa shape index (κ2) is 8.09. The lowest BCUT2D eigenvalue weighted by Gasteiger charge is -2.15. The number of para-hydroxylation sites is 1. The summed E-state index contributed by atoms with van der Waals surface area (Å²) in [4.78, 5) is 51.6. The summed E-state index contributed by atoms with van der Waals surface area (Å²) in [6.45, 7) is 3.26. The molecule has 0 fully saturated rings. The average Bonchev–Trinajstić information content (AvgIpc) is 3.19. The van der Waals surface area contributed by atoms with Crippen molar-refractivity contribution in [2.45, 2.75) is 13.8 Å². The zero-order valence-electron chi connectivity index (χ0n) is 17.6. The summed E-state index contributed by atoms with van der Waals surface area (Å²) in [5.74, 6) is -2.19. The molecular weight excluding hydrogens is 432 g/mol. The normalized spacial score (nSPS) is 12.8. The van der Waals surface area contributed by atoms with Gasteiger partial charge in [-0.2, -0.15) is 0 Å². The molecule has 0 saturated carbocycles. The molecule has 0 unspecified atom stereocenters. The van der Waals surface area contributed by atoms with Crippen LogP contribution < -0.4 is 4.90 Å². The van der Waals surface area contributed by atoms with E-state index in [1.54, 1.807) is 30.3 Å². The van der Waals surface area contributed by atoms with Crippen molar-refractivity contribution in [3.8, 4) is 0 Å². The van der Waals surface area contributed by atoms with E-state index in [-0.39, 0.29) is 33.2 Å². The summed E-state index contributed by atoms with van der Waals surface area (Å²) in [6, 6.07) is 12.3. The lowest BCUT2D eigenvalue weighted by molar-refractivity contribution is 0.0474. The Bertz CT molecular complexity index is 1310. The summed E-state index contributed by atoms with van der Waals surface area (Å²) >= 11 is 6.15. The van der Waals surface area contributed by atoms with E-state index in [1.165, 1.54) is 18.2 Å². The van der Waals surface area contributed by atoms with Gasteiger partial charge < -0.3 is 9.30 Å². The quantitative estimate of drug-likeness (QED) is 0.331. The van der Waals surface area contributed by atoms with Crippen LogP contribution in [0.4, 0.5) is 5.69 Å². The zero-order valence-corrected chi connectivity index (χ0v) is 18.4. The molecule has 4 rings (SSSR count). The number of aromatic nitrogens is 1. The van der Waals surface area contributed by atoms with Crippen molar-refractivity contribution in [3.05, 3.63) is 87.2 Å². The number of halogens is 1. The van der Waals surface area contributed by atoms with Crippen LogP contribution in [0.2, 0.25) is 5.02 Å². The smallest absolute Gasteiger partial charge is 0.338 e. The van der Waals surface area contributed by atoms with Gasteiger partial charge in [-0.3, -0.25) is 14.4 Å². The number of carbonyl (C=O) groups is 4. The number of nitrogens with zero attached hydrogens (tertiary/aromatic N) is 2. The first-order valence-electron chi connectivity index (χ1n) is 9.81. The largest absolute Gasteiger partial charge is 0.454 e. The minimum Gasteiger partial charge on any atom is -0.454 e. The van der Waals surface area contributed by atoms with Crippen molar-refractivity contribution in [1.82, 2.24) is 4.57 Å². The number of ketones is 1. The van der Waals surface area contributed by atoms with Gasteiger partial charge in [-0.25, -0.2) is 9.69 Å². The molecule has 0 spiro atoms. The molecule has 2 heterocycles. The standard InChI is InChI=1S/C24H19ClN2O5/c1-13-10-17(14(2)26(13)3)21(28)12-32-24(31)15-8-9-16-18(11-15)23(30)27(22(16)29)20-7-5-4-6-19(20)25/h4-11H,12H2,1-3H3. The highest BCUT2D eigenvalue weighted by Crippen LogP contribution is 2.33. The number of carbonyl (C=O) groups excluding carboxylic acids is 4. The second-order valence-corrected chi connectivity index (χ2v) is 7.91. The van der Waals surface area contributed by atoms with Gasteiger partial charge in [-0.1, -0.05) is 23.7 Å². The highest BCUT2D eigenvalue weighted by Gasteiger charge is 2.38. The first-order valence-corrected chi connectivity index (χ1v) is 10.2. The molecule has 1 aliphatic rings. The van der Waals surface area contributed by atoms with E-state index >= 15 is 0 Å². The number of hydrogen-bond acceptors (Lipinski definition) is 5. The van der Waals surface area contributed by atoms with Crippen molar-refractivity contribution in [2.24, 2.45) is 7.05 Å². The van der Waals surface area contributed by atoms with Crippen LogP contribution in [0.3, 0.4) is 0 Å². The van der Waals surface area contributed by atoms with Crippen molar-refractivity contribution in [2.75, 3.05) is 11.5 Å². The van der Waals surface area contributed by atoms with Crippen LogP contribution in [0.15, 0.2) is 48.5 Å². The minimum atomic E-state index is -0.761. The molecule has 1 aliphatic heterocycles. The number of fused-ring (bicyclic) bond motifs is 1. The van der Waals surface area contributed by atoms with E-state index < -0.39 is 24.4 Å². The Labute approximate surface area is 189 Å². The number of amides is 2. The van der Waals surface area contributed by atoms with Crippen molar-refractivity contribution in [3.63, 3.8) is 0 Å². The lowest BCUT2D eigenvalue weighted by Crippen LogP contribution is -2.29. The number of rotatable bonds is 5. The van der Waals surface area contributed by atoms with Crippen LogP contribution in [0.1, 0.15) is 52.8 Å². The third kappa shape index (κ3) is 3.50. The molecule has 0 N–H and O–H groups in total. The van der Waals surface area contributed by atoms with Gasteiger partial charge in [-0.05, 0) is 50.2 Å². The van der Waals surface area contributed by atoms with Crippen molar-refractivity contribution < 1.29 is 23.9 Å². The fraction of sp³-hybridized carbons (Fsp3) is 0.167. The molecule has 3 aromatic rings. The molecule has 162 valence electrons. The second-order valence-electron chi connectivity index (χ2n) is 7.50. The molecule has 1 aromatic heterocycles. The number of benzene rings is 2. The van der Waals surface area contributed by atoms with E-state index in [9.17, 15) is 19.2 Å². The molecule has 2 amide bonds. The van der Waals surface area contributed by atoms with Crippen LogP contribution in [0.25, 0.3) is 0 Å². The number of ether oxygens (including phenoxy) is 1. The zero-order chi connectivity index (χ0) is 23.2. The molecule has 0 aliphatic carbocycles. The minimum absolute atomic E-state index is 0.0691. The number of aryl methyl sites for hydroxylation is 1. The Morgan fingerprint density at radius 3 is 2.31 bits per heavy atom. The topological polar surface area (TPSA) is 85.7 Å². The Morgan fingerprint density at radius 1 is 0.969 bits per heavy atom. The Morgan fingerprint density at radius 2 is 1.66 bits per heavy atom. The van der Waals surface area contributed by atoms with Crippen molar-refractivity contribution in [1.29, 1.82) is 0 Å².